The summed E-state index contributed by atoms with van der Waals surface area (Å²) in [5.41, 5.74) is 5.24. The van der Waals surface area contributed by atoms with Crippen LogP contribution in [0.2, 0.25) is 0 Å². The fraction of sp³-hybridized carbons (Fsp3) is 0.182. The number of aromatic nitrogens is 2. The van der Waals surface area contributed by atoms with Gasteiger partial charge in [-0.15, -0.1) is 0 Å². The molecule has 6 heteroatoms. The Kier molecular flexibility index (Phi) is 2.55. The second-order valence-electron chi connectivity index (χ2n) is 3.80. The van der Waals surface area contributed by atoms with Crippen LogP contribution in [0.3, 0.4) is 0 Å². The summed E-state index contributed by atoms with van der Waals surface area (Å²) in [5.74, 6) is -0.739. The van der Waals surface area contributed by atoms with Crippen LogP contribution in [0, 0.1) is 0 Å². The van der Waals surface area contributed by atoms with Crippen molar-refractivity contribution in [2.45, 2.75) is 0 Å². The number of carbonyl (C=O) groups is 1. The minimum atomic E-state index is -0.739. The molecule has 0 unspecified atom stereocenters. The van der Waals surface area contributed by atoms with Gasteiger partial charge in [-0.05, 0) is 12.1 Å². The van der Waals surface area contributed by atoms with Gasteiger partial charge in [0.2, 0.25) is 5.43 Å². The lowest BCUT2D eigenvalue weighted by molar-refractivity contribution is 0.0999. The number of nitrogens with two attached hydrogens (primary N) is 1. The van der Waals surface area contributed by atoms with E-state index in [0.717, 1.165) is 0 Å². The van der Waals surface area contributed by atoms with E-state index in [1.54, 1.807) is 42.1 Å². The molecule has 2 rings (SSSR count). The van der Waals surface area contributed by atoms with Crippen LogP contribution in [-0.4, -0.2) is 29.7 Å². The third kappa shape index (κ3) is 1.73. The zero-order chi connectivity index (χ0) is 12.6. The number of rotatable bonds is 2. The summed E-state index contributed by atoms with van der Waals surface area (Å²) in [5, 5.41) is 2.08. The monoisotopic (exact) mass is 232 g/mol. The molecular formula is C11H12N4O2. The van der Waals surface area contributed by atoms with E-state index >= 15 is 0 Å². The zero-order valence-electron chi connectivity index (χ0n) is 9.54. The Labute approximate surface area is 97.3 Å². The zero-order valence-corrected chi connectivity index (χ0v) is 9.54. The van der Waals surface area contributed by atoms with Gasteiger partial charge < -0.3 is 10.7 Å². The Morgan fingerprint density at radius 2 is 2.18 bits per heavy atom. The molecule has 0 aliphatic heterocycles. The lowest BCUT2D eigenvalue weighted by Gasteiger charge is -2.19. The average molecular weight is 232 g/mol. The van der Waals surface area contributed by atoms with Crippen LogP contribution in [0.25, 0.3) is 11.0 Å². The van der Waals surface area contributed by atoms with Crippen LogP contribution >= 0.6 is 0 Å². The van der Waals surface area contributed by atoms with E-state index in [1.807, 2.05) is 0 Å². The van der Waals surface area contributed by atoms with Crippen molar-refractivity contribution in [1.29, 1.82) is 0 Å². The summed E-state index contributed by atoms with van der Waals surface area (Å²) in [6, 6.07) is 3.27. The fourth-order valence-corrected chi connectivity index (χ4v) is 1.62. The van der Waals surface area contributed by atoms with Gasteiger partial charge in [0.1, 0.15) is 5.56 Å². The van der Waals surface area contributed by atoms with Crippen molar-refractivity contribution in [2.75, 3.05) is 19.1 Å². The molecule has 0 aliphatic rings. The van der Waals surface area contributed by atoms with Crippen LogP contribution < -0.4 is 16.2 Å². The molecule has 0 aromatic carbocycles. The summed E-state index contributed by atoms with van der Waals surface area (Å²) >= 11 is 0. The second kappa shape index (κ2) is 3.89. The van der Waals surface area contributed by atoms with Gasteiger partial charge >= 0.3 is 0 Å². The maximum Gasteiger partial charge on any atom is 0.254 e. The normalized spacial score (nSPS) is 10.5. The fourth-order valence-electron chi connectivity index (χ4n) is 1.62. The van der Waals surface area contributed by atoms with Crippen molar-refractivity contribution in [1.82, 2.24) is 9.66 Å². The summed E-state index contributed by atoms with van der Waals surface area (Å²) in [6.45, 7) is 0. The molecule has 17 heavy (non-hydrogen) atoms. The molecule has 2 heterocycles. The molecule has 0 spiro atoms. The standard InChI is InChI=1S/C11H12N4O2/c1-14(2)15-6-8(10(12)17)9(16)7-4-3-5-13-11(7)15/h3-6H,1-2H3,(H2,12,17). The highest BCUT2D eigenvalue weighted by Crippen LogP contribution is 2.08. The Morgan fingerprint density at radius 3 is 2.76 bits per heavy atom. The predicted octanol–water partition coefficient (Wildman–Crippen LogP) is -0.307. The highest BCUT2D eigenvalue weighted by Gasteiger charge is 2.14. The second-order valence-corrected chi connectivity index (χ2v) is 3.80. The summed E-state index contributed by atoms with van der Waals surface area (Å²) in [4.78, 5) is 27.3. The van der Waals surface area contributed by atoms with Crippen LogP contribution in [0.4, 0.5) is 0 Å². The van der Waals surface area contributed by atoms with Gasteiger partial charge in [0.15, 0.2) is 5.65 Å². The lowest BCUT2D eigenvalue weighted by Crippen LogP contribution is -2.31. The molecule has 0 aliphatic carbocycles. The molecule has 0 bridgehead atoms. The number of primary amides is 1. The van der Waals surface area contributed by atoms with Gasteiger partial charge in [0.25, 0.3) is 5.91 Å². The molecule has 2 N–H and O–H groups in total. The predicted molar refractivity (Wildman–Crippen MR) is 64.6 cm³/mol. The van der Waals surface area contributed by atoms with Crippen molar-refractivity contribution < 1.29 is 4.79 Å². The molecule has 0 atom stereocenters. The third-order valence-electron chi connectivity index (χ3n) is 2.44. The minimum Gasteiger partial charge on any atom is -0.365 e. The van der Waals surface area contributed by atoms with Crippen LogP contribution in [-0.2, 0) is 0 Å². The first kappa shape index (κ1) is 11.1. The SMILES string of the molecule is CN(C)n1cc(C(N)=O)c(=O)c2cccnc21. The van der Waals surface area contributed by atoms with E-state index in [-0.39, 0.29) is 5.56 Å². The van der Waals surface area contributed by atoms with Crippen molar-refractivity contribution in [3.63, 3.8) is 0 Å². The van der Waals surface area contributed by atoms with Gasteiger partial charge in [-0.25, -0.2) is 9.66 Å². The van der Waals surface area contributed by atoms with E-state index in [1.165, 1.54) is 6.20 Å². The van der Waals surface area contributed by atoms with Crippen LogP contribution in [0.15, 0.2) is 29.3 Å². The van der Waals surface area contributed by atoms with Crippen molar-refractivity contribution in [3.8, 4) is 0 Å². The Bertz CT molecular complexity index is 645. The van der Waals surface area contributed by atoms with Crippen LogP contribution in [0.1, 0.15) is 10.4 Å². The van der Waals surface area contributed by atoms with Gasteiger partial charge in [-0.3, -0.25) is 9.59 Å². The average Bonchev–Trinajstić information content (AvgIpc) is 2.29. The molecule has 0 saturated carbocycles. The molecule has 6 nitrogen and oxygen atoms in total. The molecule has 0 fully saturated rings. The first-order valence-corrected chi connectivity index (χ1v) is 5.00. The van der Waals surface area contributed by atoms with E-state index in [9.17, 15) is 9.59 Å². The first-order valence-electron chi connectivity index (χ1n) is 5.00. The quantitative estimate of drug-likeness (QED) is 0.770. The van der Waals surface area contributed by atoms with E-state index in [0.29, 0.717) is 11.0 Å². The number of hydrogen-bond donors (Lipinski definition) is 1. The first-order chi connectivity index (χ1) is 8.02. The van der Waals surface area contributed by atoms with Gasteiger partial charge in [-0.2, -0.15) is 0 Å². The van der Waals surface area contributed by atoms with E-state index < -0.39 is 11.3 Å². The third-order valence-corrected chi connectivity index (χ3v) is 2.44. The molecule has 0 radical (unpaired) electrons. The molecule has 2 aromatic heterocycles. The maximum absolute atomic E-state index is 12.0. The van der Waals surface area contributed by atoms with Crippen molar-refractivity contribution in [2.24, 2.45) is 5.73 Å². The molecule has 88 valence electrons. The minimum absolute atomic E-state index is 0.0424. The van der Waals surface area contributed by atoms with Gasteiger partial charge in [-0.1, -0.05) is 0 Å². The highest BCUT2D eigenvalue weighted by atomic mass is 16.2. The highest BCUT2D eigenvalue weighted by molar-refractivity contribution is 5.95. The van der Waals surface area contributed by atoms with Gasteiger partial charge in [0, 0.05) is 26.5 Å². The maximum atomic E-state index is 12.0. The summed E-state index contributed by atoms with van der Waals surface area (Å²) in [7, 11) is 3.56. The molecule has 2 aromatic rings. The Hall–Kier alpha value is -2.37. The Balaban J connectivity index is 2.95. The van der Waals surface area contributed by atoms with Crippen molar-refractivity contribution >= 4 is 16.9 Å². The van der Waals surface area contributed by atoms with Crippen LogP contribution in [0.5, 0.6) is 0 Å². The summed E-state index contributed by atoms with van der Waals surface area (Å²) < 4.78 is 1.61. The number of amides is 1. The van der Waals surface area contributed by atoms with Gasteiger partial charge in [0.05, 0.1) is 5.39 Å². The number of carbonyl (C=O) groups excluding carboxylic acids is 1. The largest absolute Gasteiger partial charge is 0.365 e. The topological polar surface area (TPSA) is 81.2 Å². The van der Waals surface area contributed by atoms with E-state index in [4.69, 9.17) is 5.73 Å². The molecule has 0 saturated heterocycles. The summed E-state index contributed by atoms with van der Waals surface area (Å²) in [6.07, 6.45) is 2.99. The molecular weight excluding hydrogens is 220 g/mol. The molecule has 1 amide bonds. The number of fused-ring (bicyclic) bond motifs is 1. The number of pyridine rings is 2. The number of nitrogens with zero attached hydrogens (tertiary/aromatic N) is 3. The smallest absolute Gasteiger partial charge is 0.254 e. The Morgan fingerprint density at radius 1 is 1.47 bits per heavy atom. The van der Waals surface area contributed by atoms with Crippen molar-refractivity contribution in [3.05, 3.63) is 40.3 Å². The number of hydrogen-bond acceptors (Lipinski definition) is 4. The lowest BCUT2D eigenvalue weighted by atomic mass is 10.2. The van der Waals surface area contributed by atoms with E-state index in [2.05, 4.69) is 4.98 Å².